The molecule has 0 radical (unpaired) electrons. The van der Waals surface area contributed by atoms with E-state index in [1.54, 1.807) is 60.8 Å². The summed E-state index contributed by atoms with van der Waals surface area (Å²) in [6.45, 7) is -0.541. The number of aliphatic imine (C=N–C) groups is 1. The maximum absolute atomic E-state index is 14.2. The molecule has 0 fully saturated rings. The van der Waals surface area contributed by atoms with E-state index in [1.165, 1.54) is 7.05 Å². The maximum atomic E-state index is 14.2. The van der Waals surface area contributed by atoms with Crippen LogP contribution >= 0.6 is 0 Å². The standard InChI is InChI=1S/C40H46N10O8/c1-50-32(35(41)54)18-26-20-45-29-17-25(13-14-27(26)29)23-9-11-24(12-10-23)36(55)48-28(8-5-15-44-40(42)43)37(56)46-21-33(51)47-30(19-34(52)53)38(57)49-31(39(50)58)16-22-6-3-2-4-7-22/h2-4,6-7,9-14,17,20,28,30-32,45H,5,8,15-16,18-19,21H2,1H3,(H2,41,54)(H,46,56)(H,47,51)(H,48,55)(H,49,57)(H,52,53)(H4,42,43,44)/t28-,30-,31-,32+/m0/s1. The number of aromatic amines is 1. The lowest BCUT2D eigenvalue weighted by Gasteiger charge is -2.31. The van der Waals surface area contributed by atoms with Crippen LogP contribution in [0, 0.1) is 0 Å². The zero-order valence-electron chi connectivity index (χ0n) is 31.7. The minimum atomic E-state index is -1.69. The summed E-state index contributed by atoms with van der Waals surface area (Å²) in [7, 11) is 1.39. The number of primary amides is 1. The summed E-state index contributed by atoms with van der Waals surface area (Å²) in [5.41, 5.74) is 20.6. The molecule has 0 aliphatic carbocycles. The Balaban J connectivity index is 1.52. The number of carboxylic acid groups (broad SMARTS) is 1. The number of nitrogens with one attached hydrogen (secondary N) is 5. The van der Waals surface area contributed by atoms with Crippen molar-refractivity contribution in [1.29, 1.82) is 0 Å². The van der Waals surface area contributed by atoms with Gasteiger partial charge < -0.3 is 53.5 Å². The molecule has 4 aromatic rings. The first-order valence-electron chi connectivity index (χ1n) is 18.5. The van der Waals surface area contributed by atoms with Gasteiger partial charge in [0.25, 0.3) is 5.91 Å². The number of carbonyl (C=O) groups is 7. The summed E-state index contributed by atoms with van der Waals surface area (Å²) < 4.78 is 0. The molecule has 3 aliphatic heterocycles. The van der Waals surface area contributed by atoms with Gasteiger partial charge in [0.15, 0.2) is 5.96 Å². The Morgan fingerprint density at radius 2 is 1.52 bits per heavy atom. The predicted molar refractivity (Wildman–Crippen MR) is 214 cm³/mol. The molecule has 12 N–H and O–H groups in total. The second-order valence-corrected chi connectivity index (χ2v) is 13.9. The van der Waals surface area contributed by atoms with Crippen LogP contribution in [-0.2, 0) is 41.6 Å². The Bertz CT molecular complexity index is 2200. The monoisotopic (exact) mass is 794 g/mol. The van der Waals surface area contributed by atoms with Crippen LogP contribution in [0.1, 0.15) is 40.7 Å². The SMILES string of the molecule is CN1C(=O)[C@H](Cc2ccccc2)NC(=O)[C@H](CC(=O)O)NC(=O)CNC(=O)[C@H](CCCN=C(N)N)NC(=O)c2ccc(cc2)-c2ccc3c(c[nH]c3c2)C[C@@H]1C(N)=O. The number of benzene rings is 3. The number of nitrogens with zero attached hydrogens (tertiary/aromatic N) is 2. The first-order valence-corrected chi connectivity index (χ1v) is 18.5. The summed E-state index contributed by atoms with van der Waals surface area (Å²) in [6.07, 6.45) is 1.17. The molecule has 4 heterocycles. The highest BCUT2D eigenvalue weighted by Gasteiger charge is 2.34. The summed E-state index contributed by atoms with van der Waals surface area (Å²) in [4.78, 5) is 101. The molecule has 3 aromatic carbocycles. The van der Waals surface area contributed by atoms with E-state index >= 15 is 0 Å². The number of hydrogen-bond acceptors (Lipinski definition) is 8. The van der Waals surface area contributed by atoms with Gasteiger partial charge in [-0.1, -0.05) is 54.6 Å². The maximum Gasteiger partial charge on any atom is 0.305 e. The molecule has 6 bridgehead atoms. The van der Waals surface area contributed by atoms with E-state index in [0.29, 0.717) is 11.1 Å². The quantitative estimate of drug-likeness (QED) is 0.0603. The molecular formula is C40H46N10O8. The lowest BCUT2D eigenvalue weighted by atomic mass is 9.98. The molecular weight excluding hydrogens is 749 g/mol. The Morgan fingerprint density at radius 1 is 0.828 bits per heavy atom. The average molecular weight is 795 g/mol. The first kappa shape index (κ1) is 41.9. The normalized spacial score (nSPS) is 19.7. The topological polar surface area (TPSA) is 297 Å². The molecule has 0 unspecified atom stereocenters. The van der Waals surface area contributed by atoms with Gasteiger partial charge in [-0.25, -0.2) is 0 Å². The number of aliphatic carboxylic acids is 1. The Kier molecular flexibility index (Phi) is 13.8. The van der Waals surface area contributed by atoms with E-state index in [0.717, 1.165) is 26.9 Å². The van der Waals surface area contributed by atoms with Crippen molar-refractivity contribution in [3.8, 4) is 11.1 Å². The summed E-state index contributed by atoms with van der Waals surface area (Å²) in [5.74, 6) is -6.33. The molecule has 0 spiro atoms. The highest BCUT2D eigenvalue weighted by atomic mass is 16.4. The fourth-order valence-corrected chi connectivity index (χ4v) is 6.64. The third-order valence-corrected chi connectivity index (χ3v) is 9.72. The van der Waals surface area contributed by atoms with Gasteiger partial charge in [-0.3, -0.25) is 38.6 Å². The number of amides is 6. The molecule has 18 heteroatoms. The number of likely N-dealkylation sites (N-methyl/N-ethyl adjacent to an activating group) is 1. The van der Waals surface area contributed by atoms with Gasteiger partial charge in [0, 0.05) is 49.1 Å². The lowest BCUT2D eigenvalue weighted by molar-refractivity contribution is -0.143. The van der Waals surface area contributed by atoms with Gasteiger partial charge in [0.2, 0.25) is 29.5 Å². The molecule has 4 atom stereocenters. The van der Waals surface area contributed by atoms with Crippen molar-refractivity contribution in [3.05, 3.63) is 95.7 Å². The summed E-state index contributed by atoms with van der Waals surface area (Å²) in [5, 5.41) is 20.4. The predicted octanol–water partition coefficient (Wildman–Crippen LogP) is -0.341. The first-order chi connectivity index (χ1) is 27.7. The van der Waals surface area contributed by atoms with Crippen molar-refractivity contribution in [2.45, 2.75) is 56.3 Å². The second-order valence-electron chi connectivity index (χ2n) is 13.9. The van der Waals surface area contributed by atoms with Gasteiger partial charge in [0.05, 0.1) is 13.0 Å². The lowest BCUT2D eigenvalue weighted by Crippen LogP contribution is -2.58. The smallest absolute Gasteiger partial charge is 0.305 e. The summed E-state index contributed by atoms with van der Waals surface area (Å²) >= 11 is 0. The van der Waals surface area contributed by atoms with Crippen molar-refractivity contribution in [2.24, 2.45) is 22.2 Å². The number of H-pyrrole nitrogens is 1. The number of carboxylic acids is 1. The Hall–Kier alpha value is -7.24. The number of aromatic nitrogens is 1. The van der Waals surface area contributed by atoms with Crippen LogP contribution in [-0.4, -0.2) is 107 Å². The highest BCUT2D eigenvalue weighted by Crippen LogP contribution is 2.28. The van der Waals surface area contributed by atoms with Crippen LogP contribution in [0.4, 0.5) is 0 Å². The van der Waals surface area contributed by atoms with Crippen LogP contribution in [0.5, 0.6) is 0 Å². The zero-order chi connectivity index (χ0) is 41.9. The molecule has 18 nitrogen and oxygen atoms in total. The van der Waals surface area contributed by atoms with E-state index in [4.69, 9.17) is 17.2 Å². The fraction of sp³-hybridized carbons (Fsp3) is 0.300. The van der Waals surface area contributed by atoms with Crippen LogP contribution in [0.2, 0.25) is 0 Å². The molecule has 3 aliphatic rings. The van der Waals surface area contributed by atoms with Crippen molar-refractivity contribution in [2.75, 3.05) is 20.1 Å². The van der Waals surface area contributed by atoms with E-state index in [9.17, 15) is 38.7 Å². The van der Waals surface area contributed by atoms with Crippen LogP contribution < -0.4 is 38.5 Å². The van der Waals surface area contributed by atoms with Crippen molar-refractivity contribution < 1.29 is 38.7 Å². The molecule has 7 rings (SSSR count). The van der Waals surface area contributed by atoms with E-state index in [1.807, 2.05) is 18.2 Å². The average Bonchev–Trinajstić information content (AvgIpc) is 3.60. The molecule has 58 heavy (non-hydrogen) atoms. The van der Waals surface area contributed by atoms with Crippen LogP contribution in [0.3, 0.4) is 0 Å². The third-order valence-electron chi connectivity index (χ3n) is 9.72. The summed E-state index contributed by atoms with van der Waals surface area (Å²) in [6, 6.07) is 15.7. The Morgan fingerprint density at radius 3 is 2.19 bits per heavy atom. The molecule has 304 valence electrons. The van der Waals surface area contributed by atoms with Gasteiger partial charge in [0.1, 0.15) is 24.2 Å². The van der Waals surface area contributed by atoms with E-state index < -0.39 is 78.5 Å². The molecule has 1 aromatic heterocycles. The van der Waals surface area contributed by atoms with Crippen molar-refractivity contribution >= 4 is 58.3 Å². The number of nitrogens with two attached hydrogens (primary N) is 3. The molecule has 6 amide bonds. The number of carbonyl (C=O) groups excluding carboxylic acids is 6. The number of rotatable bonds is 9. The number of fused-ring (bicyclic) bond motifs is 1. The zero-order valence-corrected chi connectivity index (χ0v) is 31.7. The third kappa shape index (κ3) is 11.0. The van der Waals surface area contributed by atoms with Crippen LogP contribution in [0.15, 0.2) is 84.0 Å². The molecule has 0 saturated heterocycles. The minimum absolute atomic E-state index is 0.0193. The fourth-order valence-electron chi connectivity index (χ4n) is 6.64. The van der Waals surface area contributed by atoms with E-state index in [-0.39, 0.29) is 43.8 Å². The number of guanidine groups is 1. The van der Waals surface area contributed by atoms with Crippen molar-refractivity contribution in [1.82, 2.24) is 31.2 Å². The number of hydrogen-bond donors (Lipinski definition) is 9. The highest BCUT2D eigenvalue weighted by molar-refractivity contribution is 5.99. The van der Waals surface area contributed by atoms with Crippen molar-refractivity contribution in [3.63, 3.8) is 0 Å². The Labute approximate surface area is 333 Å². The minimum Gasteiger partial charge on any atom is -0.481 e. The van der Waals surface area contributed by atoms with Crippen LogP contribution in [0.25, 0.3) is 22.0 Å². The van der Waals surface area contributed by atoms with Gasteiger partial charge in [-0.15, -0.1) is 0 Å². The van der Waals surface area contributed by atoms with E-state index in [2.05, 4.69) is 31.2 Å². The van der Waals surface area contributed by atoms with Gasteiger partial charge >= 0.3 is 5.97 Å². The largest absolute Gasteiger partial charge is 0.481 e. The molecule has 0 saturated carbocycles. The van der Waals surface area contributed by atoms with Gasteiger partial charge in [-0.05, 0) is 53.3 Å². The second kappa shape index (κ2) is 19.1. The van der Waals surface area contributed by atoms with Gasteiger partial charge in [-0.2, -0.15) is 0 Å².